The number of likely N-dealkylation sites (N-methyl/N-ethyl adjacent to an activating group) is 1. The Morgan fingerprint density at radius 2 is 1.50 bits per heavy atom. The topological polar surface area (TPSA) is 23.5 Å². The van der Waals surface area contributed by atoms with Gasteiger partial charge in [-0.25, -0.2) is 0 Å². The molecule has 2 aromatic carbocycles. The van der Waals surface area contributed by atoms with E-state index in [0.717, 1.165) is 5.69 Å². The average molecular weight is 241 g/mol. The first-order chi connectivity index (χ1) is 8.75. The van der Waals surface area contributed by atoms with Crippen LogP contribution in [-0.2, 0) is 6.42 Å². The fourth-order valence-corrected chi connectivity index (χ4v) is 2.05. The molecule has 2 nitrogen and oxygen atoms in total. The van der Waals surface area contributed by atoms with Gasteiger partial charge in [0.1, 0.15) is 0 Å². The molecule has 0 amide bonds. The van der Waals surface area contributed by atoms with Crippen molar-refractivity contribution in [3.05, 3.63) is 66.2 Å². The highest BCUT2D eigenvalue weighted by atomic mass is 16.3. The SMILES string of the molecule is CN(CC(O)Cc1ccccc1)c1ccccc1. The Morgan fingerprint density at radius 3 is 2.11 bits per heavy atom. The van der Waals surface area contributed by atoms with Gasteiger partial charge in [0, 0.05) is 25.7 Å². The molecule has 1 atom stereocenters. The predicted molar refractivity (Wildman–Crippen MR) is 75.9 cm³/mol. The van der Waals surface area contributed by atoms with Crippen LogP contribution in [0.25, 0.3) is 0 Å². The van der Waals surface area contributed by atoms with Gasteiger partial charge in [0.25, 0.3) is 0 Å². The molecule has 0 fully saturated rings. The number of hydrogen-bond donors (Lipinski definition) is 1. The first-order valence-electron chi connectivity index (χ1n) is 6.24. The van der Waals surface area contributed by atoms with Crippen molar-refractivity contribution in [1.82, 2.24) is 0 Å². The smallest absolute Gasteiger partial charge is 0.0755 e. The van der Waals surface area contributed by atoms with E-state index in [0.29, 0.717) is 13.0 Å². The summed E-state index contributed by atoms with van der Waals surface area (Å²) in [7, 11) is 2.00. The predicted octanol–water partition coefficient (Wildman–Crippen LogP) is 2.73. The molecule has 0 aliphatic carbocycles. The number of hydrogen-bond acceptors (Lipinski definition) is 2. The minimum atomic E-state index is -0.349. The van der Waals surface area contributed by atoms with Gasteiger partial charge < -0.3 is 10.0 Å². The lowest BCUT2D eigenvalue weighted by Crippen LogP contribution is -2.30. The molecule has 0 heterocycles. The van der Waals surface area contributed by atoms with Crippen LogP contribution in [0.15, 0.2) is 60.7 Å². The van der Waals surface area contributed by atoms with Crippen molar-refractivity contribution < 1.29 is 5.11 Å². The maximum absolute atomic E-state index is 10.1. The molecule has 0 aliphatic rings. The Morgan fingerprint density at radius 1 is 0.944 bits per heavy atom. The molecule has 1 unspecified atom stereocenters. The van der Waals surface area contributed by atoms with Crippen LogP contribution >= 0.6 is 0 Å². The molecular formula is C16H19NO. The van der Waals surface area contributed by atoms with Crippen molar-refractivity contribution in [2.75, 3.05) is 18.5 Å². The molecule has 2 rings (SSSR count). The summed E-state index contributed by atoms with van der Waals surface area (Å²) in [6, 6.07) is 20.2. The third kappa shape index (κ3) is 3.60. The van der Waals surface area contributed by atoms with Crippen LogP contribution in [0, 0.1) is 0 Å². The van der Waals surface area contributed by atoms with E-state index in [9.17, 15) is 5.11 Å². The van der Waals surface area contributed by atoms with Crippen LogP contribution in [0.2, 0.25) is 0 Å². The van der Waals surface area contributed by atoms with E-state index in [2.05, 4.69) is 17.0 Å². The quantitative estimate of drug-likeness (QED) is 0.870. The third-order valence-corrected chi connectivity index (χ3v) is 3.00. The number of rotatable bonds is 5. The standard InChI is InChI=1S/C16H19NO/c1-17(15-10-6-3-7-11-15)13-16(18)12-14-8-4-2-5-9-14/h2-11,16,18H,12-13H2,1H3. The summed E-state index contributed by atoms with van der Waals surface area (Å²) < 4.78 is 0. The zero-order valence-electron chi connectivity index (χ0n) is 10.7. The molecule has 0 radical (unpaired) electrons. The summed E-state index contributed by atoms with van der Waals surface area (Å²) in [6.07, 6.45) is 0.343. The van der Waals surface area contributed by atoms with E-state index >= 15 is 0 Å². The molecule has 1 N–H and O–H groups in total. The van der Waals surface area contributed by atoms with Gasteiger partial charge in [0.05, 0.1) is 6.10 Å². The molecule has 18 heavy (non-hydrogen) atoms. The normalized spacial score (nSPS) is 12.1. The summed E-state index contributed by atoms with van der Waals surface area (Å²) >= 11 is 0. The molecule has 2 heteroatoms. The molecule has 0 spiro atoms. The van der Waals surface area contributed by atoms with Gasteiger partial charge in [-0.1, -0.05) is 48.5 Å². The molecule has 2 aromatic rings. The van der Waals surface area contributed by atoms with E-state index in [1.807, 2.05) is 55.6 Å². The van der Waals surface area contributed by atoms with Crippen molar-refractivity contribution in [1.29, 1.82) is 0 Å². The molecule has 0 saturated heterocycles. The van der Waals surface area contributed by atoms with Crippen LogP contribution in [0.4, 0.5) is 5.69 Å². The van der Waals surface area contributed by atoms with Crippen molar-refractivity contribution in [2.24, 2.45) is 0 Å². The second-order valence-electron chi connectivity index (χ2n) is 4.56. The zero-order valence-corrected chi connectivity index (χ0v) is 10.7. The molecule has 0 aliphatic heterocycles. The van der Waals surface area contributed by atoms with Crippen LogP contribution < -0.4 is 4.90 Å². The Hall–Kier alpha value is -1.80. The number of benzene rings is 2. The largest absolute Gasteiger partial charge is 0.391 e. The second-order valence-corrected chi connectivity index (χ2v) is 4.56. The average Bonchev–Trinajstić information content (AvgIpc) is 2.40. The summed E-state index contributed by atoms with van der Waals surface area (Å²) in [5, 5.41) is 10.1. The maximum Gasteiger partial charge on any atom is 0.0755 e. The van der Waals surface area contributed by atoms with Gasteiger partial charge in [0.2, 0.25) is 0 Å². The van der Waals surface area contributed by atoms with E-state index in [1.54, 1.807) is 0 Å². The lowest BCUT2D eigenvalue weighted by atomic mass is 10.1. The van der Waals surface area contributed by atoms with E-state index in [4.69, 9.17) is 0 Å². The first kappa shape index (κ1) is 12.7. The van der Waals surface area contributed by atoms with Gasteiger partial charge >= 0.3 is 0 Å². The fourth-order valence-electron chi connectivity index (χ4n) is 2.05. The summed E-state index contributed by atoms with van der Waals surface area (Å²) in [5.74, 6) is 0. The summed E-state index contributed by atoms with van der Waals surface area (Å²) in [6.45, 7) is 0.638. The monoisotopic (exact) mass is 241 g/mol. The highest BCUT2D eigenvalue weighted by Crippen LogP contribution is 2.12. The van der Waals surface area contributed by atoms with Gasteiger partial charge in [-0.15, -0.1) is 0 Å². The fraction of sp³-hybridized carbons (Fsp3) is 0.250. The number of anilines is 1. The molecule has 0 saturated carbocycles. The van der Waals surface area contributed by atoms with Gasteiger partial charge in [0.15, 0.2) is 0 Å². The van der Waals surface area contributed by atoms with E-state index < -0.39 is 0 Å². The van der Waals surface area contributed by atoms with Crippen LogP contribution in [0.3, 0.4) is 0 Å². The van der Waals surface area contributed by atoms with Crippen molar-refractivity contribution in [3.63, 3.8) is 0 Å². The second kappa shape index (κ2) is 6.22. The molecule has 0 aromatic heterocycles. The van der Waals surface area contributed by atoms with Gasteiger partial charge in [-0.2, -0.15) is 0 Å². The van der Waals surface area contributed by atoms with Crippen LogP contribution in [-0.4, -0.2) is 24.8 Å². The summed E-state index contributed by atoms with van der Waals surface area (Å²) in [4.78, 5) is 2.08. The van der Waals surface area contributed by atoms with Gasteiger partial charge in [-0.05, 0) is 17.7 Å². The highest BCUT2D eigenvalue weighted by molar-refractivity contribution is 5.45. The molecule has 0 bridgehead atoms. The Bertz CT molecular complexity index is 455. The van der Waals surface area contributed by atoms with Crippen molar-refractivity contribution in [3.8, 4) is 0 Å². The minimum absolute atomic E-state index is 0.349. The lowest BCUT2D eigenvalue weighted by Gasteiger charge is -2.22. The van der Waals surface area contributed by atoms with Crippen molar-refractivity contribution >= 4 is 5.69 Å². The Kier molecular flexibility index (Phi) is 4.37. The van der Waals surface area contributed by atoms with Crippen LogP contribution in [0.1, 0.15) is 5.56 Å². The molecule has 94 valence electrons. The zero-order chi connectivity index (χ0) is 12.8. The molecular weight excluding hydrogens is 222 g/mol. The Labute approximate surface area is 109 Å². The summed E-state index contributed by atoms with van der Waals surface area (Å²) in [5.41, 5.74) is 2.30. The van der Waals surface area contributed by atoms with Crippen molar-refractivity contribution in [2.45, 2.75) is 12.5 Å². The van der Waals surface area contributed by atoms with Gasteiger partial charge in [-0.3, -0.25) is 0 Å². The first-order valence-corrected chi connectivity index (χ1v) is 6.24. The number of aliphatic hydroxyl groups is 1. The highest BCUT2D eigenvalue weighted by Gasteiger charge is 2.09. The minimum Gasteiger partial charge on any atom is -0.391 e. The Balaban J connectivity index is 1.90. The van der Waals surface area contributed by atoms with E-state index in [1.165, 1.54) is 5.56 Å². The lowest BCUT2D eigenvalue weighted by molar-refractivity contribution is 0.182. The third-order valence-electron chi connectivity index (χ3n) is 3.00. The number of para-hydroxylation sites is 1. The van der Waals surface area contributed by atoms with E-state index in [-0.39, 0.29) is 6.10 Å². The van der Waals surface area contributed by atoms with Crippen LogP contribution in [0.5, 0.6) is 0 Å². The number of aliphatic hydroxyl groups excluding tert-OH is 1. The number of nitrogens with zero attached hydrogens (tertiary/aromatic N) is 1. The maximum atomic E-state index is 10.1.